The molecule has 0 atom stereocenters. The molecule has 2 aromatic rings. The fourth-order valence-electron chi connectivity index (χ4n) is 3.08. The number of likely N-dealkylation sites (tertiary alicyclic amines) is 1. The summed E-state index contributed by atoms with van der Waals surface area (Å²) in [4.78, 5) is 18.8. The summed E-state index contributed by atoms with van der Waals surface area (Å²) in [6.07, 6.45) is 5.33. The van der Waals surface area contributed by atoms with Gasteiger partial charge in [-0.25, -0.2) is 0 Å². The fraction of sp³-hybridized carbons (Fsp3) is 0.368. The SMILES string of the molecule is O=C(NCc1cccnc1)C1CCN(Cc2cccc(Cl)c2)CC1. The van der Waals surface area contributed by atoms with E-state index in [1.54, 1.807) is 12.4 Å². The molecule has 0 spiro atoms. The molecular weight excluding hydrogens is 322 g/mol. The molecule has 1 aromatic carbocycles. The van der Waals surface area contributed by atoms with Crippen LogP contribution in [0.5, 0.6) is 0 Å². The van der Waals surface area contributed by atoms with Crippen LogP contribution in [0, 0.1) is 5.92 Å². The van der Waals surface area contributed by atoms with E-state index < -0.39 is 0 Å². The molecule has 126 valence electrons. The molecule has 1 aliphatic heterocycles. The van der Waals surface area contributed by atoms with Crippen LogP contribution in [0.3, 0.4) is 0 Å². The second-order valence-corrected chi connectivity index (χ2v) is 6.70. The molecule has 2 heterocycles. The Hall–Kier alpha value is -1.91. The maximum absolute atomic E-state index is 12.3. The molecule has 1 N–H and O–H groups in total. The molecule has 1 fully saturated rings. The van der Waals surface area contributed by atoms with Crippen molar-refractivity contribution in [2.24, 2.45) is 5.92 Å². The molecule has 1 amide bonds. The maximum Gasteiger partial charge on any atom is 0.223 e. The van der Waals surface area contributed by atoms with E-state index in [1.165, 1.54) is 5.56 Å². The first-order valence-corrected chi connectivity index (χ1v) is 8.72. The zero-order valence-corrected chi connectivity index (χ0v) is 14.4. The highest BCUT2D eigenvalue weighted by atomic mass is 35.5. The number of hydrogen-bond donors (Lipinski definition) is 1. The molecule has 5 heteroatoms. The van der Waals surface area contributed by atoms with Gasteiger partial charge in [0.25, 0.3) is 0 Å². The van der Waals surface area contributed by atoms with Crippen LogP contribution in [0.2, 0.25) is 5.02 Å². The number of nitrogens with one attached hydrogen (secondary N) is 1. The minimum atomic E-state index is 0.109. The van der Waals surface area contributed by atoms with E-state index in [1.807, 2.05) is 30.3 Å². The van der Waals surface area contributed by atoms with Crippen molar-refractivity contribution in [1.29, 1.82) is 0 Å². The van der Waals surface area contributed by atoms with Gasteiger partial charge < -0.3 is 5.32 Å². The molecule has 4 nitrogen and oxygen atoms in total. The van der Waals surface area contributed by atoms with Crippen LogP contribution in [0.15, 0.2) is 48.8 Å². The van der Waals surface area contributed by atoms with Gasteiger partial charge in [-0.2, -0.15) is 0 Å². The Morgan fingerprint density at radius 2 is 2.00 bits per heavy atom. The Morgan fingerprint density at radius 3 is 2.71 bits per heavy atom. The second-order valence-electron chi connectivity index (χ2n) is 6.26. The van der Waals surface area contributed by atoms with Gasteiger partial charge in [-0.1, -0.05) is 29.8 Å². The number of hydrogen-bond acceptors (Lipinski definition) is 3. The van der Waals surface area contributed by atoms with E-state index in [9.17, 15) is 4.79 Å². The number of halogens is 1. The summed E-state index contributed by atoms with van der Waals surface area (Å²) >= 11 is 6.04. The lowest BCUT2D eigenvalue weighted by Gasteiger charge is -2.31. The zero-order chi connectivity index (χ0) is 16.8. The maximum atomic E-state index is 12.3. The third-order valence-corrected chi connectivity index (χ3v) is 4.68. The second kappa shape index (κ2) is 8.27. The number of piperidine rings is 1. The number of carbonyl (C=O) groups is 1. The van der Waals surface area contributed by atoms with E-state index in [4.69, 9.17) is 11.6 Å². The van der Waals surface area contributed by atoms with Crippen LogP contribution in [0.1, 0.15) is 24.0 Å². The normalized spacial score (nSPS) is 16.0. The molecule has 0 aliphatic carbocycles. The number of carbonyl (C=O) groups excluding carboxylic acids is 1. The first-order valence-electron chi connectivity index (χ1n) is 8.34. The smallest absolute Gasteiger partial charge is 0.223 e. The molecule has 24 heavy (non-hydrogen) atoms. The summed E-state index contributed by atoms with van der Waals surface area (Å²) in [5.41, 5.74) is 2.26. The van der Waals surface area contributed by atoms with Crippen LogP contribution < -0.4 is 5.32 Å². The summed E-state index contributed by atoms with van der Waals surface area (Å²) < 4.78 is 0. The zero-order valence-electron chi connectivity index (χ0n) is 13.6. The third-order valence-electron chi connectivity index (χ3n) is 4.44. The Balaban J connectivity index is 1.43. The van der Waals surface area contributed by atoms with Crippen molar-refractivity contribution in [3.8, 4) is 0 Å². The van der Waals surface area contributed by atoms with Gasteiger partial charge in [0.1, 0.15) is 0 Å². The summed E-state index contributed by atoms with van der Waals surface area (Å²) in [7, 11) is 0. The topological polar surface area (TPSA) is 45.2 Å². The van der Waals surface area contributed by atoms with Gasteiger partial charge in [-0.05, 0) is 55.3 Å². The Bertz CT molecular complexity index is 669. The lowest BCUT2D eigenvalue weighted by atomic mass is 9.95. The Kier molecular flexibility index (Phi) is 5.83. The van der Waals surface area contributed by atoms with E-state index in [0.717, 1.165) is 43.1 Å². The van der Waals surface area contributed by atoms with Crippen LogP contribution in [0.4, 0.5) is 0 Å². The molecular formula is C19H22ClN3O. The van der Waals surface area contributed by atoms with Crippen LogP contribution >= 0.6 is 11.6 Å². The predicted molar refractivity (Wildman–Crippen MR) is 95.5 cm³/mol. The van der Waals surface area contributed by atoms with Crippen LogP contribution in [0.25, 0.3) is 0 Å². The quantitative estimate of drug-likeness (QED) is 0.906. The first kappa shape index (κ1) is 16.9. The van der Waals surface area contributed by atoms with Crippen molar-refractivity contribution in [3.63, 3.8) is 0 Å². The highest BCUT2D eigenvalue weighted by molar-refractivity contribution is 6.30. The van der Waals surface area contributed by atoms with Crippen molar-refractivity contribution in [2.45, 2.75) is 25.9 Å². The lowest BCUT2D eigenvalue weighted by molar-refractivity contribution is -0.126. The first-order chi connectivity index (χ1) is 11.7. The molecule has 0 radical (unpaired) electrons. The number of aromatic nitrogens is 1. The van der Waals surface area contributed by atoms with Gasteiger partial charge in [-0.15, -0.1) is 0 Å². The summed E-state index contributed by atoms with van der Waals surface area (Å²) in [5, 5.41) is 3.80. The van der Waals surface area contributed by atoms with E-state index in [0.29, 0.717) is 6.54 Å². The standard InChI is InChI=1S/C19H22ClN3O/c20-18-5-1-3-15(11-18)14-23-9-6-17(7-10-23)19(24)22-13-16-4-2-8-21-12-16/h1-5,8,11-12,17H,6-7,9-10,13-14H2,(H,22,24). The molecule has 0 bridgehead atoms. The van der Waals surface area contributed by atoms with Gasteiger partial charge in [0.05, 0.1) is 0 Å². The van der Waals surface area contributed by atoms with E-state index in [-0.39, 0.29) is 11.8 Å². The Morgan fingerprint density at radius 1 is 1.21 bits per heavy atom. The van der Waals surface area contributed by atoms with Gasteiger partial charge in [0, 0.05) is 36.4 Å². The van der Waals surface area contributed by atoms with Crippen LogP contribution in [-0.2, 0) is 17.9 Å². The largest absolute Gasteiger partial charge is 0.352 e. The predicted octanol–water partition coefficient (Wildman–Crippen LogP) is 3.26. The van der Waals surface area contributed by atoms with E-state index in [2.05, 4.69) is 21.3 Å². The number of amides is 1. The monoisotopic (exact) mass is 343 g/mol. The summed E-state index contributed by atoms with van der Waals surface area (Å²) in [6.45, 7) is 3.33. The number of nitrogens with zero attached hydrogens (tertiary/aromatic N) is 2. The summed E-state index contributed by atoms with van der Waals surface area (Å²) in [6, 6.07) is 11.8. The highest BCUT2D eigenvalue weighted by Crippen LogP contribution is 2.20. The summed E-state index contributed by atoms with van der Waals surface area (Å²) in [5.74, 6) is 0.263. The molecule has 3 rings (SSSR count). The molecule has 0 unspecified atom stereocenters. The number of benzene rings is 1. The van der Waals surface area contributed by atoms with Crippen molar-refractivity contribution in [1.82, 2.24) is 15.2 Å². The number of pyridine rings is 1. The average molecular weight is 344 g/mol. The lowest BCUT2D eigenvalue weighted by Crippen LogP contribution is -2.40. The fourth-order valence-corrected chi connectivity index (χ4v) is 3.30. The van der Waals surface area contributed by atoms with Crippen molar-refractivity contribution >= 4 is 17.5 Å². The minimum Gasteiger partial charge on any atom is -0.352 e. The molecule has 1 saturated heterocycles. The molecule has 1 aliphatic rings. The van der Waals surface area contributed by atoms with Crippen molar-refractivity contribution in [2.75, 3.05) is 13.1 Å². The van der Waals surface area contributed by atoms with Gasteiger partial charge in [0.2, 0.25) is 5.91 Å². The van der Waals surface area contributed by atoms with Crippen molar-refractivity contribution < 1.29 is 4.79 Å². The van der Waals surface area contributed by atoms with Crippen LogP contribution in [-0.4, -0.2) is 28.9 Å². The van der Waals surface area contributed by atoms with Crippen molar-refractivity contribution in [3.05, 3.63) is 64.9 Å². The average Bonchev–Trinajstić information content (AvgIpc) is 2.61. The van der Waals surface area contributed by atoms with Gasteiger partial charge >= 0.3 is 0 Å². The highest BCUT2D eigenvalue weighted by Gasteiger charge is 2.24. The molecule has 0 saturated carbocycles. The van der Waals surface area contributed by atoms with E-state index >= 15 is 0 Å². The number of rotatable bonds is 5. The van der Waals surface area contributed by atoms with Gasteiger partial charge in [-0.3, -0.25) is 14.7 Å². The molecule has 1 aromatic heterocycles. The minimum absolute atomic E-state index is 0.109. The third kappa shape index (κ3) is 4.79. The van der Waals surface area contributed by atoms with Gasteiger partial charge in [0.15, 0.2) is 0 Å². The Labute approximate surface area is 147 Å².